The van der Waals surface area contributed by atoms with Gasteiger partial charge >= 0.3 is 5.97 Å². The van der Waals surface area contributed by atoms with Crippen LogP contribution >= 0.6 is 0 Å². The first-order valence-electron chi connectivity index (χ1n) is 8.66. The monoisotopic (exact) mass is 344 g/mol. The van der Waals surface area contributed by atoms with Crippen molar-refractivity contribution in [2.75, 3.05) is 19.5 Å². The van der Waals surface area contributed by atoms with Gasteiger partial charge < -0.3 is 15.2 Å². The minimum Gasteiger partial charge on any atom is -0.497 e. The highest BCUT2D eigenvalue weighted by Gasteiger charge is 2.09. The van der Waals surface area contributed by atoms with Gasteiger partial charge in [-0.3, -0.25) is 4.98 Å². The lowest BCUT2D eigenvalue weighted by atomic mass is 9.92. The van der Waals surface area contributed by atoms with Crippen LogP contribution in [0.2, 0.25) is 0 Å². The van der Waals surface area contributed by atoms with Crippen molar-refractivity contribution >= 4 is 11.7 Å². The van der Waals surface area contributed by atoms with Crippen molar-refractivity contribution in [2.24, 2.45) is 0 Å². The molecule has 2 N–H and O–H groups in total. The molecule has 0 atom stereocenters. The van der Waals surface area contributed by atoms with Gasteiger partial charge in [0.1, 0.15) is 5.75 Å². The van der Waals surface area contributed by atoms with Crippen LogP contribution in [-0.4, -0.2) is 30.2 Å². The number of aromatic carboxylic acids is 1. The van der Waals surface area contributed by atoms with Gasteiger partial charge in [-0.05, 0) is 55.0 Å². The van der Waals surface area contributed by atoms with E-state index in [2.05, 4.69) is 28.5 Å². The molecule has 1 heterocycles. The topological polar surface area (TPSA) is 71.5 Å². The number of hydrogen-bond acceptors (Lipinski definition) is 4. The number of benzene rings is 1. The molecule has 5 nitrogen and oxygen atoms in total. The van der Waals surface area contributed by atoms with Gasteiger partial charge in [0.2, 0.25) is 0 Å². The van der Waals surface area contributed by atoms with Gasteiger partial charge in [-0.1, -0.05) is 19.9 Å². The fourth-order valence-electron chi connectivity index (χ4n) is 2.62. The van der Waals surface area contributed by atoms with Crippen molar-refractivity contribution in [3.8, 4) is 5.75 Å². The Kier molecular flexibility index (Phi) is 9.07. The van der Waals surface area contributed by atoms with Crippen molar-refractivity contribution in [3.05, 3.63) is 53.3 Å². The molecule has 1 aromatic carbocycles. The number of nitrogens with one attached hydrogen (secondary N) is 1. The number of carboxylic acid groups (broad SMARTS) is 1. The summed E-state index contributed by atoms with van der Waals surface area (Å²) in [5, 5.41) is 11.4. The highest BCUT2D eigenvalue weighted by atomic mass is 16.5. The summed E-state index contributed by atoms with van der Waals surface area (Å²) < 4.78 is 5.18. The molecule has 0 aliphatic heterocycles. The lowest BCUT2D eigenvalue weighted by Crippen LogP contribution is -2.02. The zero-order valence-corrected chi connectivity index (χ0v) is 15.5. The molecule has 25 heavy (non-hydrogen) atoms. The normalized spacial score (nSPS) is 11.7. The van der Waals surface area contributed by atoms with Crippen LogP contribution in [0.5, 0.6) is 5.75 Å². The number of aromatic nitrogens is 1. The fourth-order valence-corrected chi connectivity index (χ4v) is 2.62. The van der Waals surface area contributed by atoms with Crippen LogP contribution in [0, 0.1) is 0 Å². The molecule has 0 radical (unpaired) electrons. The number of anilines is 1. The predicted octanol–water partition coefficient (Wildman–Crippen LogP) is 4.42. The van der Waals surface area contributed by atoms with Crippen LogP contribution in [0.1, 0.15) is 48.2 Å². The van der Waals surface area contributed by atoms with Gasteiger partial charge in [-0.15, -0.1) is 0 Å². The molecule has 1 aliphatic carbocycles. The number of rotatable bonds is 3. The molecule has 0 saturated heterocycles. The number of carboxylic acids is 1. The molecule has 0 saturated carbocycles. The average molecular weight is 344 g/mol. The summed E-state index contributed by atoms with van der Waals surface area (Å²) >= 11 is 0. The number of aryl methyl sites for hydroxylation is 2. The molecule has 3 rings (SSSR count). The molecule has 0 spiro atoms. The molecule has 0 bridgehead atoms. The number of nitrogens with zero attached hydrogens (tertiary/aromatic N) is 1. The number of carbonyl (C=O) groups is 1. The molecule has 136 valence electrons. The Hall–Kier alpha value is -2.56. The van der Waals surface area contributed by atoms with Crippen molar-refractivity contribution in [3.63, 3.8) is 0 Å². The number of fused-ring (bicyclic) bond motifs is 1. The summed E-state index contributed by atoms with van der Waals surface area (Å²) in [6.45, 7) is 4.00. The van der Waals surface area contributed by atoms with Crippen LogP contribution in [0.3, 0.4) is 0 Å². The maximum absolute atomic E-state index is 10.5. The molecule has 1 aromatic heterocycles. The van der Waals surface area contributed by atoms with Gasteiger partial charge in [0, 0.05) is 13.2 Å². The molecule has 2 aromatic rings. The summed E-state index contributed by atoms with van der Waals surface area (Å²) in [6, 6.07) is 7.89. The van der Waals surface area contributed by atoms with Gasteiger partial charge in [0.15, 0.2) is 0 Å². The second kappa shape index (κ2) is 11.1. The van der Waals surface area contributed by atoms with E-state index in [9.17, 15) is 4.79 Å². The number of ether oxygens (including phenoxy) is 1. The third-order valence-corrected chi connectivity index (χ3v) is 3.88. The predicted molar refractivity (Wildman–Crippen MR) is 102 cm³/mol. The van der Waals surface area contributed by atoms with Crippen LogP contribution in [0.15, 0.2) is 36.7 Å². The third kappa shape index (κ3) is 6.10. The Labute approximate surface area is 150 Å². The van der Waals surface area contributed by atoms with Crippen LogP contribution in [-0.2, 0) is 12.8 Å². The summed E-state index contributed by atoms with van der Waals surface area (Å²) in [4.78, 5) is 14.3. The van der Waals surface area contributed by atoms with Crippen LogP contribution in [0.25, 0.3) is 0 Å². The Bertz CT molecular complexity index is 672. The van der Waals surface area contributed by atoms with Crippen LogP contribution < -0.4 is 10.1 Å². The van der Waals surface area contributed by atoms with Gasteiger partial charge in [0.05, 0.1) is 24.6 Å². The van der Waals surface area contributed by atoms with E-state index in [1.165, 1.54) is 55.3 Å². The number of methoxy groups -OCH3 is 1. The van der Waals surface area contributed by atoms with Gasteiger partial charge in [-0.25, -0.2) is 4.79 Å². The lowest BCUT2D eigenvalue weighted by molar-refractivity contribution is 0.0698. The third-order valence-electron chi connectivity index (χ3n) is 3.88. The zero-order chi connectivity index (χ0) is 18.7. The molecule has 0 amide bonds. The standard InChI is InChI=1S/C11H14O.C7H8N2O2.C2H6/c1-12-11-7-6-9-4-2-3-5-10(9)8-11;1-8-6-4-9-3-2-5(6)7(10)11;1-2/h6-8H,2-5H2,1H3;2-4,8H,1H3,(H,10,11);1-2H3. The minimum atomic E-state index is -0.947. The first-order valence-corrected chi connectivity index (χ1v) is 8.66. The minimum absolute atomic E-state index is 0.238. The van der Waals surface area contributed by atoms with E-state index in [0.717, 1.165) is 5.75 Å². The van der Waals surface area contributed by atoms with Gasteiger partial charge in [0.25, 0.3) is 0 Å². The molecule has 1 aliphatic rings. The molecular weight excluding hydrogens is 316 g/mol. The van der Waals surface area contributed by atoms with Gasteiger partial charge in [-0.2, -0.15) is 0 Å². The number of pyridine rings is 1. The summed E-state index contributed by atoms with van der Waals surface area (Å²) in [6.07, 6.45) is 8.08. The first kappa shape index (κ1) is 20.5. The maximum Gasteiger partial charge on any atom is 0.337 e. The second-order valence-electron chi connectivity index (χ2n) is 5.32. The molecule has 5 heteroatoms. The average Bonchev–Trinajstić information content (AvgIpc) is 2.69. The zero-order valence-electron chi connectivity index (χ0n) is 15.5. The Balaban J connectivity index is 0.000000229. The van der Waals surface area contributed by atoms with E-state index in [1.807, 2.05) is 13.8 Å². The van der Waals surface area contributed by atoms with Crippen LogP contribution in [0.4, 0.5) is 5.69 Å². The quantitative estimate of drug-likeness (QED) is 0.862. The lowest BCUT2D eigenvalue weighted by Gasteiger charge is -2.15. The summed E-state index contributed by atoms with van der Waals surface area (Å²) in [7, 11) is 3.38. The second-order valence-corrected chi connectivity index (χ2v) is 5.32. The molecule has 0 fully saturated rings. The first-order chi connectivity index (χ1) is 12.2. The van der Waals surface area contributed by atoms with E-state index in [0.29, 0.717) is 5.69 Å². The Morgan fingerprint density at radius 1 is 1.16 bits per heavy atom. The van der Waals surface area contributed by atoms with Crippen molar-refractivity contribution in [2.45, 2.75) is 39.5 Å². The van der Waals surface area contributed by atoms with E-state index >= 15 is 0 Å². The highest BCUT2D eigenvalue weighted by molar-refractivity contribution is 5.93. The van der Waals surface area contributed by atoms with E-state index in [1.54, 1.807) is 14.2 Å². The van der Waals surface area contributed by atoms with Crippen molar-refractivity contribution in [1.82, 2.24) is 4.98 Å². The largest absolute Gasteiger partial charge is 0.497 e. The van der Waals surface area contributed by atoms with Crippen molar-refractivity contribution < 1.29 is 14.6 Å². The Morgan fingerprint density at radius 2 is 1.84 bits per heavy atom. The summed E-state index contributed by atoms with van der Waals surface area (Å²) in [5.74, 6) is 0.0485. The van der Waals surface area contributed by atoms with E-state index in [-0.39, 0.29) is 5.56 Å². The SMILES string of the molecule is CC.CNc1cnccc1C(=O)O.COc1ccc2c(c1)CCCC2. The van der Waals surface area contributed by atoms with Crippen molar-refractivity contribution in [1.29, 1.82) is 0 Å². The highest BCUT2D eigenvalue weighted by Crippen LogP contribution is 2.24. The summed E-state index contributed by atoms with van der Waals surface area (Å²) in [5.41, 5.74) is 3.77. The van der Waals surface area contributed by atoms with E-state index in [4.69, 9.17) is 9.84 Å². The van der Waals surface area contributed by atoms with E-state index < -0.39 is 5.97 Å². The fraction of sp³-hybridized carbons (Fsp3) is 0.400. The molecule has 0 unspecified atom stereocenters. The molecular formula is C20H28N2O3. The number of hydrogen-bond donors (Lipinski definition) is 2. The Morgan fingerprint density at radius 3 is 2.40 bits per heavy atom. The maximum atomic E-state index is 10.5. The smallest absolute Gasteiger partial charge is 0.337 e.